The highest BCUT2D eigenvalue weighted by molar-refractivity contribution is 7.89. The minimum atomic E-state index is -3.15. The predicted octanol–water partition coefficient (Wildman–Crippen LogP) is 0.0281. The van der Waals surface area contributed by atoms with Crippen molar-refractivity contribution in [2.75, 3.05) is 25.4 Å². The van der Waals surface area contributed by atoms with Gasteiger partial charge in [0.15, 0.2) is 0 Å². The Labute approximate surface area is 113 Å². The molecule has 0 radical (unpaired) electrons. The lowest BCUT2D eigenvalue weighted by atomic mass is 10.0. The van der Waals surface area contributed by atoms with E-state index in [0.717, 1.165) is 31.8 Å². The van der Waals surface area contributed by atoms with E-state index < -0.39 is 10.0 Å². The lowest BCUT2D eigenvalue weighted by molar-refractivity contribution is 0.326. The van der Waals surface area contributed by atoms with Gasteiger partial charge in [-0.2, -0.15) is 4.31 Å². The smallest absolute Gasteiger partial charge is 0.214 e. The van der Waals surface area contributed by atoms with Gasteiger partial charge in [0.1, 0.15) is 5.82 Å². The van der Waals surface area contributed by atoms with Gasteiger partial charge in [0.05, 0.1) is 12.3 Å². The van der Waals surface area contributed by atoms with E-state index in [1.165, 1.54) is 0 Å². The van der Waals surface area contributed by atoms with E-state index >= 15 is 0 Å². The third-order valence-electron chi connectivity index (χ3n) is 4.01. The molecule has 0 atom stereocenters. The van der Waals surface area contributed by atoms with E-state index in [1.807, 2.05) is 10.8 Å². The topological polar surface area (TPSA) is 67.2 Å². The minimum absolute atomic E-state index is 0.287. The summed E-state index contributed by atoms with van der Waals surface area (Å²) in [5, 5.41) is 3.27. The molecule has 0 amide bonds. The lowest BCUT2D eigenvalue weighted by Crippen LogP contribution is -2.42. The molecule has 19 heavy (non-hydrogen) atoms. The summed E-state index contributed by atoms with van der Waals surface area (Å²) in [6.07, 6.45) is 5.56. The number of nitrogens with zero attached hydrogens (tertiary/aromatic N) is 3. The van der Waals surface area contributed by atoms with Crippen LogP contribution in [0, 0.1) is 5.92 Å². The second kappa shape index (κ2) is 5.22. The van der Waals surface area contributed by atoms with Crippen molar-refractivity contribution in [1.29, 1.82) is 0 Å². The fourth-order valence-corrected chi connectivity index (χ4v) is 4.65. The van der Waals surface area contributed by atoms with Crippen LogP contribution in [-0.4, -0.2) is 47.7 Å². The molecule has 106 valence electrons. The molecule has 0 saturated carbocycles. The predicted molar refractivity (Wildman–Crippen MR) is 72.0 cm³/mol. The third-order valence-corrected chi connectivity index (χ3v) is 6.00. The molecule has 3 heterocycles. The number of piperidine rings is 1. The van der Waals surface area contributed by atoms with Crippen LogP contribution in [0.25, 0.3) is 0 Å². The first-order valence-electron chi connectivity index (χ1n) is 6.84. The van der Waals surface area contributed by atoms with E-state index in [0.29, 0.717) is 25.6 Å². The summed E-state index contributed by atoms with van der Waals surface area (Å²) in [6, 6.07) is 0. The fraction of sp³-hybridized carbons (Fsp3) is 0.750. The molecule has 1 N–H and O–H groups in total. The maximum absolute atomic E-state index is 12.5. The maximum Gasteiger partial charge on any atom is 0.214 e. The summed E-state index contributed by atoms with van der Waals surface area (Å²) in [5.41, 5.74) is 0. The first kappa shape index (κ1) is 13.1. The van der Waals surface area contributed by atoms with Crippen LogP contribution >= 0.6 is 0 Å². The van der Waals surface area contributed by atoms with Crippen LogP contribution in [0.3, 0.4) is 0 Å². The van der Waals surface area contributed by atoms with Crippen molar-refractivity contribution in [1.82, 2.24) is 19.2 Å². The van der Waals surface area contributed by atoms with Gasteiger partial charge in [0.2, 0.25) is 10.0 Å². The Morgan fingerprint density at radius 2 is 2.11 bits per heavy atom. The second-order valence-electron chi connectivity index (χ2n) is 5.34. The molecule has 0 bridgehead atoms. The largest absolute Gasteiger partial charge is 0.333 e. The summed E-state index contributed by atoms with van der Waals surface area (Å²) < 4.78 is 28.5. The number of rotatable bonds is 3. The standard InChI is InChI=1S/C12H20N4O2S/c17-19(18,10-11-1-3-13-4-2-11)16-8-7-15-6-5-14-12(15)9-16/h5-6,11,13H,1-4,7-10H2. The number of sulfonamides is 1. The summed E-state index contributed by atoms with van der Waals surface area (Å²) >= 11 is 0. The fourth-order valence-electron chi connectivity index (χ4n) is 2.84. The highest BCUT2D eigenvalue weighted by Gasteiger charge is 2.30. The quantitative estimate of drug-likeness (QED) is 0.850. The van der Waals surface area contributed by atoms with Crippen LogP contribution in [0.15, 0.2) is 12.4 Å². The lowest BCUT2D eigenvalue weighted by Gasteiger charge is -2.29. The van der Waals surface area contributed by atoms with E-state index in [9.17, 15) is 8.42 Å². The monoisotopic (exact) mass is 284 g/mol. The minimum Gasteiger partial charge on any atom is -0.333 e. The Bertz CT molecular complexity index is 534. The molecule has 7 heteroatoms. The van der Waals surface area contributed by atoms with Crippen molar-refractivity contribution >= 4 is 10.0 Å². The molecule has 1 aromatic heterocycles. The van der Waals surface area contributed by atoms with E-state index in [4.69, 9.17) is 0 Å². The normalized spacial score (nSPS) is 22.3. The van der Waals surface area contributed by atoms with Crippen molar-refractivity contribution in [3.05, 3.63) is 18.2 Å². The van der Waals surface area contributed by atoms with Gasteiger partial charge in [0, 0.05) is 25.5 Å². The average Bonchev–Trinajstić information content (AvgIpc) is 2.86. The molecule has 3 rings (SSSR count). The summed E-state index contributed by atoms with van der Waals surface area (Å²) in [7, 11) is -3.15. The van der Waals surface area contributed by atoms with Gasteiger partial charge in [0.25, 0.3) is 0 Å². The van der Waals surface area contributed by atoms with Crippen molar-refractivity contribution in [2.24, 2.45) is 5.92 Å². The Morgan fingerprint density at radius 1 is 1.32 bits per heavy atom. The van der Waals surface area contributed by atoms with Crippen LogP contribution in [0.4, 0.5) is 0 Å². The highest BCUT2D eigenvalue weighted by Crippen LogP contribution is 2.20. The van der Waals surface area contributed by atoms with Gasteiger partial charge in [-0.15, -0.1) is 0 Å². The number of fused-ring (bicyclic) bond motifs is 1. The third kappa shape index (κ3) is 2.82. The van der Waals surface area contributed by atoms with Crippen molar-refractivity contribution in [3.8, 4) is 0 Å². The van der Waals surface area contributed by atoms with E-state index in [2.05, 4.69) is 10.3 Å². The van der Waals surface area contributed by atoms with Gasteiger partial charge in [-0.1, -0.05) is 0 Å². The number of aromatic nitrogens is 2. The van der Waals surface area contributed by atoms with Gasteiger partial charge in [-0.05, 0) is 31.8 Å². The molecule has 2 aliphatic heterocycles. The van der Waals surface area contributed by atoms with E-state index in [1.54, 1.807) is 10.5 Å². The first-order chi connectivity index (χ1) is 9.15. The number of hydrogen-bond acceptors (Lipinski definition) is 4. The van der Waals surface area contributed by atoms with Crippen LogP contribution in [0.5, 0.6) is 0 Å². The SMILES string of the molecule is O=S(=O)(CC1CCNCC1)N1CCn2ccnc2C1. The van der Waals surface area contributed by atoms with Crippen molar-refractivity contribution in [2.45, 2.75) is 25.9 Å². The molecule has 6 nitrogen and oxygen atoms in total. The molecule has 0 spiro atoms. The zero-order chi connectivity index (χ0) is 13.3. The van der Waals surface area contributed by atoms with Gasteiger partial charge in [-0.3, -0.25) is 0 Å². The molecule has 0 unspecified atom stereocenters. The Morgan fingerprint density at radius 3 is 2.89 bits per heavy atom. The van der Waals surface area contributed by atoms with Gasteiger partial charge in [-0.25, -0.2) is 13.4 Å². The molecule has 1 saturated heterocycles. The maximum atomic E-state index is 12.5. The molecule has 2 aliphatic rings. The zero-order valence-corrected chi connectivity index (χ0v) is 11.8. The van der Waals surface area contributed by atoms with Crippen molar-refractivity contribution in [3.63, 3.8) is 0 Å². The molecular weight excluding hydrogens is 264 g/mol. The van der Waals surface area contributed by atoms with Crippen molar-refractivity contribution < 1.29 is 8.42 Å². The Balaban J connectivity index is 1.67. The molecule has 1 fully saturated rings. The number of nitrogens with one attached hydrogen (secondary N) is 1. The van der Waals surface area contributed by atoms with Crippen LogP contribution in [0.2, 0.25) is 0 Å². The highest BCUT2D eigenvalue weighted by atomic mass is 32.2. The molecule has 1 aromatic rings. The summed E-state index contributed by atoms with van der Waals surface area (Å²) in [4.78, 5) is 4.21. The number of hydrogen-bond donors (Lipinski definition) is 1. The second-order valence-corrected chi connectivity index (χ2v) is 7.36. The molecule has 0 aromatic carbocycles. The Kier molecular flexibility index (Phi) is 3.60. The first-order valence-corrected chi connectivity index (χ1v) is 8.44. The summed E-state index contributed by atoms with van der Waals surface area (Å²) in [5.74, 6) is 1.43. The zero-order valence-electron chi connectivity index (χ0n) is 11.0. The van der Waals surface area contributed by atoms with Gasteiger partial charge >= 0.3 is 0 Å². The van der Waals surface area contributed by atoms with Crippen LogP contribution in [0.1, 0.15) is 18.7 Å². The van der Waals surface area contributed by atoms with Gasteiger partial charge < -0.3 is 9.88 Å². The van der Waals surface area contributed by atoms with E-state index in [-0.39, 0.29) is 5.75 Å². The van der Waals surface area contributed by atoms with Crippen LogP contribution in [-0.2, 0) is 23.1 Å². The average molecular weight is 284 g/mol. The summed E-state index contributed by atoms with van der Waals surface area (Å²) in [6.45, 7) is 3.56. The number of imidazole rings is 1. The molecule has 0 aliphatic carbocycles. The molecular formula is C12H20N4O2S. The van der Waals surface area contributed by atoms with Crippen LogP contribution < -0.4 is 5.32 Å². The Hall–Kier alpha value is -0.920.